The van der Waals surface area contributed by atoms with Gasteiger partial charge >= 0.3 is 0 Å². The fourth-order valence-corrected chi connectivity index (χ4v) is 2.33. The number of nitrogen functional groups attached to an aromatic ring is 1. The van der Waals surface area contributed by atoms with Gasteiger partial charge in [0.25, 0.3) is 0 Å². The van der Waals surface area contributed by atoms with Gasteiger partial charge in [0, 0.05) is 18.7 Å². The minimum Gasteiger partial charge on any atom is -0.398 e. The molecule has 0 heterocycles. The largest absolute Gasteiger partial charge is 0.398 e. The maximum atomic E-state index is 13.5. The molecule has 0 aromatic heterocycles. The Morgan fingerprint density at radius 1 is 1.53 bits per heavy atom. The predicted molar refractivity (Wildman–Crippen MR) is 64.2 cm³/mol. The molecule has 3 N–H and O–H groups in total. The predicted octanol–water partition coefficient (Wildman–Crippen LogP) is 1.02. The van der Waals surface area contributed by atoms with Crippen LogP contribution in [-0.2, 0) is 10.0 Å². The first kappa shape index (κ1) is 13.5. The van der Waals surface area contributed by atoms with Gasteiger partial charge in [-0.15, -0.1) is 12.3 Å². The Bertz CT molecular complexity index is 562. The molecule has 0 amide bonds. The Kier molecular flexibility index (Phi) is 4.10. The van der Waals surface area contributed by atoms with E-state index in [-0.39, 0.29) is 18.7 Å². The maximum absolute atomic E-state index is 13.5. The molecule has 0 unspecified atom stereocenters. The van der Waals surface area contributed by atoms with Crippen LogP contribution in [0.5, 0.6) is 0 Å². The first-order valence-electron chi connectivity index (χ1n) is 4.87. The normalized spacial score (nSPS) is 11.1. The molecule has 0 aliphatic heterocycles. The molecule has 0 radical (unpaired) electrons. The van der Waals surface area contributed by atoms with Crippen molar-refractivity contribution in [1.82, 2.24) is 4.72 Å². The Labute approximate surface area is 100 Å². The number of sulfonamides is 1. The van der Waals surface area contributed by atoms with Gasteiger partial charge in [-0.2, -0.15) is 0 Å². The van der Waals surface area contributed by atoms with E-state index < -0.39 is 20.7 Å². The summed E-state index contributed by atoms with van der Waals surface area (Å²) < 4.78 is 39.2. The highest BCUT2D eigenvalue weighted by atomic mass is 32.2. The Hall–Kier alpha value is -1.58. The zero-order chi connectivity index (χ0) is 13.1. The van der Waals surface area contributed by atoms with E-state index in [4.69, 9.17) is 12.2 Å². The van der Waals surface area contributed by atoms with E-state index >= 15 is 0 Å². The minimum absolute atomic E-state index is 0.0616. The van der Waals surface area contributed by atoms with Gasteiger partial charge in [-0.1, -0.05) is 0 Å². The van der Waals surface area contributed by atoms with Crippen LogP contribution < -0.4 is 10.5 Å². The van der Waals surface area contributed by atoms with Crippen molar-refractivity contribution in [2.45, 2.75) is 18.2 Å². The lowest BCUT2D eigenvalue weighted by Gasteiger charge is -2.08. The van der Waals surface area contributed by atoms with Gasteiger partial charge in [0.2, 0.25) is 10.0 Å². The highest BCUT2D eigenvalue weighted by molar-refractivity contribution is 7.89. The third kappa shape index (κ3) is 3.19. The van der Waals surface area contributed by atoms with E-state index in [0.29, 0.717) is 5.56 Å². The summed E-state index contributed by atoms with van der Waals surface area (Å²) in [7, 11) is -3.90. The van der Waals surface area contributed by atoms with Crippen molar-refractivity contribution < 1.29 is 12.8 Å². The van der Waals surface area contributed by atoms with Crippen LogP contribution in [0.2, 0.25) is 0 Å². The van der Waals surface area contributed by atoms with Gasteiger partial charge in [0.1, 0.15) is 10.7 Å². The van der Waals surface area contributed by atoms with Gasteiger partial charge < -0.3 is 5.73 Å². The smallest absolute Gasteiger partial charge is 0.243 e. The molecule has 4 nitrogen and oxygen atoms in total. The zero-order valence-corrected chi connectivity index (χ0v) is 10.1. The van der Waals surface area contributed by atoms with Crippen molar-refractivity contribution in [3.05, 3.63) is 23.5 Å². The van der Waals surface area contributed by atoms with Crippen LogP contribution in [0.3, 0.4) is 0 Å². The van der Waals surface area contributed by atoms with Crippen molar-refractivity contribution in [2.75, 3.05) is 12.3 Å². The number of nitrogens with one attached hydrogen (secondary N) is 1. The van der Waals surface area contributed by atoms with Crippen molar-refractivity contribution >= 4 is 15.7 Å². The van der Waals surface area contributed by atoms with Crippen LogP contribution in [0.1, 0.15) is 12.0 Å². The molecular weight excluding hydrogens is 243 g/mol. The lowest BCUT2D eigenvalue weighted by molar-refractivity contribution is 0.557. The third-order valence-electron chi connectivity index (χ3n) is 2.17. The topological polar surface area (TPSA) is 72.2 Å². The standard InChI is InChI=1S/C11H13FN2O2S/c1-3-4-5-14-17(15,16)11-7-10(13)8(2)6-9(11)12/h1,6-7,14H,4-5,13H2,2H3. The summed E-state index contributed by atoms with van der Waals surface area (Å²) in [6.45, 7) is 1.66. The first-order valence-corrected chi connectivity index (χ1v) is 6.35. The van der Waals surface area contributed by atoms with Crippen LogP contribution in [0.25, 0.3) is 0 Å². The van der Waals surface area contributed by atoms with Crippen LogP contribution in [-0.4, -0.2) is 15.0 Å². The zero-order valence-electron chi connectivity index (χ0n) is 9.33. The van der Waals surface area contributed by atoms with Crippen LogP contribution in [0.4, 0.5) is 10.1 Å². The van der Waals surface area contributed by atoms with E-state index in [2.05, 4.69) is 10.6 Å². The first-order chi connectivity index (χ1) is 7.88. The number of halogens is 1. The molecule has 92 valence electrons. The number of nitrogens with two attached hydrogens (primary N) is 1. The molecule has 1 aromatic carbocycles. The Morgan fingerprint density at radius 2 is 2.18 bits per heavy atom. The number of benzene rings is 1. The van der Waals surface area contributed by atoms with Gasteiger partial charge in [-0.05, 0) is 24.6 Å². The van der Waals surface area contributed by atoms with Crippen LogP contribution in [0, 0.1) is 25.1 Å². The van der Waals surface area contributed by atoms with Crippen molar-refractivity contribution in [3.63, 3.8) is 0 Å². The summed E-state index contributed by atoms with van der Waals surface area (Å²) >= 11 is 0. The van der Waals surface area contributed by atoms with Gasteiger partial charge in [0.05, 0.1) is 0 Å². The average Bonchev–Trinajstić information content (AvgIpc) is 2.23. The van der Waals surface area contributed by atoms with Crippen LogP contribution in [0.15, 0.2) is 17.0 Å². The van der Waals surface area contributed by atoms with Gasteiger partial charge in [-0.3, -0.25) is 0 Å². The van der Waals surface area contributed by atoms with E-state index in [9.17, 15) is 12.8 Å². The number of hydrogen-bond donors (Lipinski definition) is 2. The second-order valence-corrected chi connectivity index (χ2v) is 5.23. The minimum atomic E-state index is -3.90. The Morgan fingerprint density at radius 3 is 2.76 bits per heavy atom. The van der Waals surface area contributed by atoms with Crippen molar-refractivity contribution in [1.29, 1.82) is 0 Å². The molecule has 17 heavy (non-hydrogen) atoms. The van der Waals surface area contributed by atoms with E-state index in [0.717, 1.165) is 12.1 Å². The molecule has 0 saturated carbocycles. The fraction of sp³-hybridized carbons (Fsp3) is 0.273. The van der Waals surface area contributed by atoms with Crippen molar-refractivity contribution in [2.24, 2.45) is 0 Å². The quantitative estimate of drug-likeness (QED) is 0.480. The molecule has 0 saturated heterocycles. The van der Waals surface area contributed by atoms with E-state index in [1.807, 2.05) is 0 Å². The van der Waals surface area contributed by atoms with Crippen LogP contribution >= 0.6 is 0 Å². The number of hydrogen-bond acceptors (Lipinski definition) is 3. The molecule has 0 atom stereocenters. The van der Waals surface area contributed by atoms with Crippen molar-refractivity contribution in [3.8, 4) is 12.3 Å². The second-order valence-electron chi connectivity index (χ2n) is 3.49. The molecule has 6 heteroatoms. The maximum Gasteiger partial charge on any atom is 0.243 e. The molecule has 0 fully saturated rings. The Balaban J connectivity index is 3.08. The summed E-state index contributed by atoms with van der Waals surface area (Å²) in [6, 6.07) is 2.19. The summed E-state index contributed by atoms with van der Waals surface area (Å²) in [6.07, 6.45) is 5.23. The molecular formula is C11H13FN2O2S. The average molecular weight is 256 g/mol. The molecule has 1 rings (SSSR count). The monoisotopic (exact) mass is 256 g/mol. The lowest BCUT2D eigenvalue weighted by atomic mass is 10.2. The fourth-order valence-electron chi connectivity index (χ4n) is 1.21. The second kappa shape index (κ2) is 5.17. The van der Waals surface area contributed by atoms with Gasteiger partial charge in [0.15, 0.2) is 0 Å². The summed E-state index contributed by atoms with van der Waals surface area (Å²) in [5, 5.41) is 0. The van der Waals surface area contributed by atoms with Gasteiger partial charge in [-0.25, -0.2) is 17.5 Å². The molecule has 0 aliphatic rings. The SMILES string of the molecule is C#CCCNS(=O)(=O)c1cc(N)c(C)cc1F. The van der Waals surface area contributed by atoms with E-state index in [1.165, 1.54) is 0 Å². The number of anilines is 1. The number of terminal acetylenes is 1. The summed E-state index contributed by atoms with van der Waals surface area (Å²) in [5.74, 6) is 1.45. The van der Waals surface area contributed by atoms with E-state index in [1.54, 1.807) is 6.92 Å². The molecule has 1 aromatic rings. The lowest BCUT2D eigenvalue weighted by Crippen LogP contribution is -2.25. The highest BCUT2D eigenvalue weighted by Crippen LogP contribution is 2.21. The third-order valence-corrected chi connectivity index (χ3v) is 3.65. The highest BCUT2D eigenvalue weighted by Gasteiger charge is 2.19. The molecule has 0 aliphatic carbocycles. The molecule has 0 spiro atoms. The number of aryl methyl sites for hydroxylation is 1. The number of rotatable bonds is 4. The summed E-state index contributed by atoms with van der Waals surface area (Å²) in [5.41, 5.74) is 6.27. The summed E-state index contributed by atoms with van der Waals surface area (Å²) in [4.78, 5) is -0.461. The molecule has 0 bridgehead atoms.